The van der Waals surface area contributed by atoms with Crippen LogP contribution in [-0.2, 0) is 4.74 Å². The molecule has 4 atom stereocenters. The second-order valence-corrected chi connectivity index (χ2v) is 7.37. The molecule has 0 radical (unpaired) electrons. The number of guanidine groups is 2. The Morgan fingerprint density at radius 1 is 1.41 bits per heavy atom. The molecule has 12 N–H and O–H groups in total. The van der Waals surface area contributed by atoms with E-state index in [0.29, 0.717) is 31.4 Å². The number of nitrogens with zero attached hydrogens (tertiary/aromatic N) is 1. The predicted molar refractivity (Wildman–Crippen MR) is 97.3 cm³/mol. The van der Waals surface area contributed by atoms with E-state index in [1.807, 2.05) is 4.58 Å². The van der Waals surface area contributed by atoms with Crippen LogP contribution in [0.25, 0.3) is 0 Å². The van der Waals surface area contributed by atoms with Crippen LogP contribution in [0, 0.1) is 0 Å². The summed E-state index contributed by atoms with van der Waals surface area (Å²) in [6.45, 7) is 2.25. The van der Waals surface area contributed by atoms with Gasteiger partial charge in [-0.2, -0.15) is 0 Å². The smallest absolute Gasteiger partial charge is 0.407 e. The lowest BCUT2D eigenvalue weighted by Gasteiger charge is -2.37. The molecule has 1 amide bonds. The van der Waals surface area contributed by atoms with E-state index in [1.54, 1.807) is 0 Å². The van der Waals surface area contributed by atoms with Crippen molar-refractivity contribution >= 4 is 18.0 Å². The molecule has 0 aromatic carbocycles. The molecule has 1 saturated heterocycles. The maximum absolute atomic E-state index is 12.0. The molecule has 1 spiro atoms. The molecule has 11 nitrogen and oxygen atoms in total. The summed E-state index contributed by atoms with van der Waals surface area (Å²) in [6, 6.07) is -0.622. The first-order valence-electron chi connectivity index (χ1n) is 9.70. The molecule has 11 heteroatoms. The van der Waals surface area contributed by atoms with Crippen molar-refractivity contribution in [3.05, 3.63) is 0 Å². The number of nitrogens with two attached hydrogens (primary N) is 2. The zero-order valence-corrected chi connectivity index (χ0v) is 15.7. The minimum Gasteiger partial charge on any atom is -0.446 e. The van der Waals surface area contributed by atoms with Gasteiger partial charge < -0.3 is 20.9 Å². The van der Waals surface area contributed by atoms with Gasteiger partial charge in [0.2, 0.25) is 0 Å². The Hall–Kier alpha value is -2.27. The minimum absolute atomic E-state index is 0.100. The lowest BCUT2D eigenvalue weighted by molar-refractivity contribution is -0.660. The number of hydrogen-bond donors (Lipinski definition) is 8. The van der Waals surface area contributed by atoms with Crippen molar-refractivity contribution in [1.82, 2.24) is 16.0 Å². The van der Waals surface area contributed by atoms with Gasteiger partial charge in [-0.25, -0.2) is 14.7 Å². The van der Waals surface area contributed by atoms with Gasteiger partial charge in [0.25, 0.3) is 5.66 Å². The summed E-state index contributed by atoms with van der Waals surface area (Å²) in [5.41, 5.74) is 15.1. The van der Waals surface area contributed by atoms with Gasteiger partial charge in [0, 0.05) is 13.0 Å². The van der Waals surface area contributed by atoms with Crippen LogP contribution in [-0.4, -0.2) is 77.8 Å². The number of carbonyl (C=O) groups is 1. The number of ether oxygens (including phenoxy) is 1. The second kappa shape index (κ2) is 8.17. The number of nitrogens with one attached hydrogen (secondary N) is 4. The highest BCUT2D eigenvalue weighted by molar-refractivity contribution is 5.78. The van der Waals surface area contributed by atoms with Gasteiger partial charge in [-0.15, -0.1) is 0 Å². The van der Waals surface area contributed by atoms with Crippen molar-refractivity contribution in [3.63, 3.8) is 0 Å². The van der Waals surface area contributed by atoms with Crippen molar-refractivity contribution < 1.29 is 29.9 Å². The fourth-order valence-electron chi connectivity index (χ4n) is 4.25. The van der Waals surface area contributed by atoms with Gasteiger partial charge in [0.05, 0.1) is 13.1 Å². The second-order valence-electron chi connectivity index (χ2n) is 7.37. The number of aliphatic hydroxyl groups is 1. The standard InChI is InChI=1S/C16H30N8O3/c17-6-3-1-2-4-7-20-15(26)27-9-10-12-16(23-13(18)22-12)11(25)5-8-24(16)14(19)21-10/h10-12,25H,1-9,17H2,(H6,18,19,20,21,22,23,26)/p+3/t10?,11-,12-,16+/m0/s1. The number of hydrogen-bond acceptors (Lipinski definition) is 7. The molecule has 3 heterocycles. The Kier molecular flexibility index (Phi) is 5.90. The number of aliphatic hydroxyl groups excluding tert-OH is 1. The fourth-order valence-corrected chi connectivity index (χ4v) is 4.25. The third kappa shape index (κ3) is 3.74. The number of rotatable bonds is 8. The lowest BCUT2D eigenvalue weighted by Crippen LogP contribution is -2.90. The quantitative estimate of drug-likeness (QED) is 0.152. The molecule has 0 aromatic rings. The summed E-state index contributed by atoms with van der Waals surface area (Å²) in [5.74, 6) is 0.811. The number of quaternary nitrogens is 1. The first-order valence-corrected chi connectivity index (χ1v) is 9.70. The number of alkyl carbamates (subject to hydrolysis) is 1. The van der Waals surface area contributed by atoms with Crippen molar-refractivity contribution in [3.8, 4) is 0 Å². The highest BCUT2D eigenvalue weighted by Gasteiger charge is 2.67. The summed E-state index contributed by atoms with van der Waals surface area (Å²) in [5, 5.41) is 19.7. The van der Waals surface area contributed by atoms with Crippen molar-refractivity contribution in [2.24, 2.45) is 11.5 Å². The average molecular weight is 385 g/mol. The Morgan fingerprint density at radius 2 is 2.19 bits per heavy atom. The Balaban J connectivity index is 1.53. The molecule has 152 valence electrons. The predicted octanol–water partition coefficient (Wildman–Crippen LogP) is -5.36. The zero-order chi connectivity index (χ0) is 19.4. The summed E-state index contributed by atoms with van der Waals surface area (Å²) in [4.78, 5) is 15.1. The molecule has 3 rings (SSSR count). The highest BCUT2D eigenvalue weighted by Crippen LogP contribution is 2.30. The van der Waals surface area contributed by atoms with Crippen LogP contribution < -0.4 is 38.1 Å². The third-order valence-corrected chi connectivity index (χ3v) is 5.57. The maximum Gasteiger partial charge on any atom is 0.407 e. The lowest BCUT2D eigenvalue weighted by atomic mass is 9.89. The van der Waals surface area contributed by atoms with Gasteiger partial charge in [0.1, 0.15) is 18.8 Å². The van der Waals surface area contributed by atoms with Gasteiger partial charge in [-0.3, -0.25) is 21.8 Å². The molecule has 3 aliphatic rings. The summed E-state index contributed by atoms with van der Waals surface area (Å²) in [6.07, 6.45) is 3.69. The van der Waals surface area contributed by atoms with Crippen molar-refractivity contribution in [1.29, 1.82) is 0 Å². The Labute approximate surface area is 158 Å². The van der Waals surface area contributed by atoms with E-state index in [1.165, 1.54) is 0 Å². The first-order chi connectivity index (χ1) is 13.0. The normalized spacial score (nSPS) is 31.5. The molecule has 0 aromatic heterocycles. The molecule has 3 aliphatic heterocycles. The summed E-state index contributed by atoms with van der Waals surface area (Å²) in [7, 11) is 0. The molecule has 27 heavy (non-hydrogen) atoms. The maximum atomic E-state index is 12.0. The van der Waals surface area contributed by atoms with Gasteiger partial charge in [-0.1, -0.05) is 6.42 Å². The third-order valence-electron chi connectivity index (χ3n) is 5.57. The van der Waals surface area contributed by atoms with E-state index in [-0.39, 0.29) is 18.7 Å². The van der Waals surface area contributed by atoms with E-state index < -0.39 is 17.9 Å². The Morgan fingerprint density at radius 3 is 2.96 bits per heavy atom. The van der Waals surface area contributed by atoms with Gasteiger partial charge in [-0.05, 0) is 19.3 Å². The molecule has 1 unspecified atom stereocenters. The van der Waals surface area contributed by atoms with Crippen LogP contribution in [0.4, 0.5) is 4.79 Å². The molecular formula is C16H33N8O3+3. The van der Waals surface area contributed by atoms with E-state index >= 15 is 0 Å². The zero-order valence-electron chi connectivity index (χ0n) is 15.7. The summed E-state index contributed by atoms with van der Waals surface area (Å²) < 4.78 is 7.26. The highest BCUT2D eigenvalue weighted by atomic mass is 16.5. The van der Waals surface area contributed by atoms with Crippen molar-refractivity contribution in [2.75, 3.05) is 26.2 Å². The fraction of sp³-hybridized carbons (Fsp3) is 0.812. The van der Waals surface area contributed by atoms with E-state index in [0.717, 1.165) is 32.2 Å². The minimum atomic E-state index is -0.821. The van der Waals surface area contributed by atoms with Crippen LogP contribution in [0.15, 0.2) is 0 Å². The average Bonchev–Trinajstić information content (AvgIpc) is 3.16. The molecule has 0 saturated carbocycles. The molecular weight excluding hydrogens is 352 g/mol. The SMILES string of the molecule is NC1=[NH+][C@H]2C(COC(=O)NCCCCCC[NH3+])NC(N)=[N+]3CC[C@H](O)[C@]23N1. The number of carbonyl (C=O) groups excluding carboxylic acids is 1. The van der Waals surface area contributed by atoms with Crippen LogP contribution in [0.3, 0.4) is 0 Å². The number of unbranched alkanes of at least 4 members (excludes halogenated alkanes) is 3. The molecule has 0 aliphatic carbocycles. The van der Waals surface area contributed by atoms with E-state index in [9.17, 15) is 9.90 Å². The molecule has 0 bridgehead atoms. The van der Waals surface area contributed by atoms with Crippen molar-refractivity contribution in [2.45, 2.75) is 56.0 Å². The van der Waals surface area contributed by atoms with E-state index in [2.05, 4.69) is 26.7 Å². The first kappa shape index (κ1) is 19.5. The topological polar surface area (TPSA) is 179 Å². The Bertz CT molecular complexity index is 625. The van der Waals surface area contributed by atoms with Crippen LogP contribution in [0.5, 0.6) is 0 Å². The van der Waals surface area contributed by atoms with Crippen LogP contribution in [0.2, 0.25) is 0 Å². The summed E-state index contributed by atoms with van der Waals surface area (Å²) >= 11 is 0. The van der Waals surface area contributed by atoms with Crippen LogP contribution >= 0.6 is 0 Å². The molecule has 1 fully saturated rings. The number of amides is 1. The monoisotopic (exact) mass is 385 g/mol. The van der Waals surface area contributed by atoms with E-state index in [4.69, 9.17) is 16.2 Å². The largest absolute Gasteiger partial charge is 0.446 e. The van der Waals surface area contributed by atoms with Crippen LogP contribution in [0.1, 0.15) is 32.1 Å². The van der Waals surface area contributed by atoms with Gasteiger partial charge >= 0.3 is 18.0 Å². The van der Waals surface area contributed by atoms with Gasteiger partial charge in [0.15, 0.2) is 6.04 Å².